The Balaban J connectivity index is 2.37. The summed E-state index contributed by atoms with van der Waals surface area (Å²) in [4.78, 5) is 3.61. The normalized spacial score (nSPS) is 10.4. The second-order valence-electron chi connectivity index (χ2n) is 3.43. The average Bonchev–Trinajstić information content (AvgIpc) is 2.35. The SMILES string of the molecule is NNc1nc(Oc2ccc(Br)cc2Br)c(F)cc1F. The van der Waals surface area contributed by atoms with E-state index in [4.69, 9.17) is 10.6 Å². The van der Waals surface area contributed by atoms with Crippen LogP contribution in [0.15, 0.2) is 33.2 Å². The molecule has 3 N–H and O–H groups in total. The predicted octanol–water partition coefficient (Wildman–Crippen LogP) is 3.96. The molecule has 0 atom stereocenters. The number of hydrogen-bond donors (Lipinski definition) is 2. The van der Waals surface area contributed by atoms with Crippen molar-refractivity contribution in [1.82, 2.24) is 4.98 Å². The summed E-state index contributed by atoms with van der Waals surface area (Å²) in [5.41, 5.74) is 2.02. The lowest BCUT2D eigenvalue weighted by atomic mass is 10.3. The first-order chi connectivity index (χ1) is 9.01. The smallest absolute Gasteiger partial charge is 0.258 e. The number of hydrazine groups is 1. The summed E-state index contributed by atoms with van der Waals surface area (Å²) < 4.78 is 33.4. The number of ether oxygens (including phenoxy) is 1. The van der Waals surface area contributed by atoms with Gasteiger partial charge < -0.3 is 10.2 Å². The highest BCUT2D eigenvalue weighted by atomic mass is 79.9. The van der Waals surface area contributed by atoms with Crippen LogP contribution in [0, 0.1) is 11.6 Å². The highest BCUT2D eigenvalue weighted by Gasteiger charge is 2.14. The van der Waals surface area contributed by atoms with E-state index in [1.165, 1.54) is 0 Å². The summed E-state index contributed by atoms with van der Waals surface area (Å²) in [7, 11) is 0. The number of aromatic nitrogens is 1. The van der Waals surface area contributed by atoms with Gasteiger partial charge in [0.05, 0.1) is 4.47 Å². The van der Waals surface area contributed by atoms with Crippen molar-refractivity contribution in [3.8, 4) is 11.6 Å². The lowest BCUT2D eigenvalue weighted by Crippen LogP contribution is -2.11. The van der Waals surface area contributed by atoms with E-state index in [9.17, 15) is 8.78 Å². The molecule has 0 bridgehead atoms. The molecule has 100 valence electrons. The molecular formula is C11H7Br2F2N3O. The average molecular weight is 395 g/mol. The molecule has 0 saturated carbocycles. The number of nitrogens with one attached hydrogen (secondary N) is 1. The Morgan fingerprint density at radius 1 is 1.16 bits per heavy atom. The Morgan fingerprint density at radius 3 is 2.53 bits per heavy atom. The summed E-state index contributed by atoms with van der Waals surface area (Å²) in [6.07, 6.45) is 0. The number of nitrogen functional groups attached to an aromatic ring is 1. The van der Waals surface area contributed by atoms with E-state index in [0.29, 0.717) is 16.3 Å². The molecule has 0 aliphatic rings. The zero-order valence-electron chi connectivity index (χ0n) is 9.25. The molecule has 0 aliphatic heterocycles. The molecule has 0 radical (unpaired) electrons. The van der Waals surface area contributed by atoms with E-state index in [1.54, 1.807) is 18.2 Å². The number of nitrogens with zero attached hydrogens (tertiary/aromatic N) is 1. The fraction of sp³-hybridized carbons (Fsp3) is 0. The molecule has 2 aromatic rings. The molecule has 1 heterocycles. The molecule has 8 heteroatoms. The van der Waals surface area contributed by atoms with Gasteiger partial charge >= 0.3 is 0 Å². The van der Waals surface area contributed by atoms with Gasteiger partial charge in [-0.25, -0.2) is 14.6 Å². The van der Waals surface area contributed by atoms with E-state index < -0.39 is 11.6 Å². The van der Waals surface area contributed by atoms with Gasteiger partial charge in [-0.15, -0.1) is 0 Å². The molecule has 0 saturated heterocycles. The summed E-state index contributed by atoms with van der Waals surface area (Å²) in [6.45, 7) is 0. The van der Waals surface area contributed by atoms with Crippen LogP contribution in [-0.4, -0.2) is 4.98 Å². The fourth-order valence-corrected chi connectivity index (χ4v) is 2.41. The maximum absolute atomic E-state index is 13.5. The lowest BCUT2D eigenvalue weighted by molar-refractivity contribution is 0.416. The monoisotopic (exact) mass is 393 g/mol. The largest absolute Gasteiger partial charge is 0.435 e. The van der Waals surface area contributed by atoms with Crippen LogP contribution >= 0.6 is 31.9 Å². The standard InChI is InChI=1S/C11H7Br2F2N3O/c12-5-1-2-9(6(13)3-5)19-11-8(15)4-7(14)10(17-11)18-16/h1-4H,16H2,(H,17,18). The van der Waals surface area contributed by atoms with Crippen molar-refractivity contribution in [3.05, 3.63) is 44.8 Å². The molecule has 0 amide bonds. The number of anilines is 1. The number of benzene rings is 1. The molecule has 0 spiro atoms. The van der Waals surface area contributed by atoms with Gasteiger partial charge in [0.1, 0.15) is 5.75 Å². The maximum atomic E-state index is 13.5. The molecule has 19 heavy (non-hydrogen) atoms. The Morgan fingerprint density at radius 2 is 1.89 bits per heavy atom. The summed E-state index contributed by atoms with van der Waals surface area (Å²) in [6, 6.07) is 5.68. The minimum absolute atomic E-state index is 0.301. The zero-order chi connectivity index (χ0) is 14.0. The van der Waals surface area contributed by atoms with E-state index in [0.717, 1.165) is 4.47 Å². The molecular weight excluding hydrogens is 388 g/mol. The zero-order valence-corrected chi connectivity index (χ0v) is 12.4. The Kier molecular flexibility index (Phi) is 4.33. The number of pyridine rings is 1. The summed E-state index contributed by atoms with van der Waals surface area (Å²) in [5.74, 6) is 2.90. The van der Waals surface area contributed by atoms with Gasteiger partial charge in [0.2, 0.25) is 0 Å². The van der Waals surface area contributed by atoms with Gasteiger partial charge in [-0.05, 0) is 34.1 Å². The van der Waals surface area contributed by atoms with Crippen LogP contribution < -0.4 is 16.0 Å². The van der Waals surface area contributed by atoms with Crippen LogP contribution in [0.5, 0.6) is 11.6 Å². The van der Waals surface area contributed by atoms with Crippen LogP contribution in [0.25, 0.3) is 0 Å². The first kappa shape index (κ1) is 14.2. The van der Waals surface area contributed by atoms with Gasteiger partial charge in [-0.2, -0.15) is 4.98 Å². The second-order valence-corrected chi connectivity index (χ2v) is 5.20. The van der Waals surface area contributed by atoms with E-state index in [2.05, 4.69) is 36.8 Å². The maximum Gasteiger partial charge on any atom is 0.258 e. The first-order valence-corrected chi connectivity index (χ1v) is 6.55. The van der Waals surface area contributed by atoms with Crippen molar-refractivity contribution in [2.24, 2.45) is 5.84 Å². The highest BCUT2D eigenvalue weighted by molar-refractivity contribution is 9.11. The van der Waals surface area contributed by atoms with Crippen molar-refractivity contribution in [3.63, 3.8) is 0 Å². The van der Waals surface area contributed by atoms with Crippen LogP contribution in [0.4, 0.5) is 14.6 Å². The number of halogens is 4. The molecule has 2 rings (SSSR count). The molecule has 0 unspecified atom stereocenters. The minimum atomic E-state index is -0.925. The van der Waals surface area contributed by atoms with Crippen LogP contribution in [0.1, 0.15) is 0 Å². The minimum Gasteiger partial charge on any atom is -0.435 e. The third-order valence-electron chi connectivity index (χ3n) is 2.13. The molecule has 0 fully saturated rings. The molecule has 1 aromatic heterocycles. The van der Waals surface area contributed by atoms with Crippen LogP contribution in [0.2, 0.25) is 0 Å². The summed E-state index contributed by atoms with van der Waals surface area (Å²) >= 11 is 6.54. The molecule has 4 nitrogen and oxygen atoms in total. The topological polar surface area (TPSA) is 60.2 Å². The first-order valence-electron chi connectivity index (χ1n) is 4.97. The number of rotatable bonds is 3. The third-order valence-corrected chi connectivity index (χ3v) is 3.25. The van der Waals surface area contributed by atoms with E-state index >= 15 is 0 Å². The quantitative estimate of drug-likeness (QED) is 0.611. The Bertz CT molecular complexity index is 625. The van der Waals surface area contributed by atoms with Gasteiger partial charge in [0.25, 0.3) is 5.88 Å². The highest BCUT2D eigenvalue weighted by Crippen LogP contribution is 2.33. The third kappa shape index (κ3) is 3.20. The van der Waals surface area contributed by atoms with Crippen LogP contribution in [-0.2, 0) is 0 Å². The predicted molar refractivity (Wildman–Crippen MR) is 73.9 cm³/mol. The van der Waals surface area contributed by atoms with E-state index in [1.807, 2.05) is 5.43 Å². The van der Waals surface area contributed by atoms with Crippen molar-refractivity contribution < 1.29 is 13.5 Å². The van der Waals surface area contributed by atoms with Gasteiger partial charge in [-0.1, -0.05) is 15.9 Å². The van der Waals surface area contributed by atoms with Gasteiger partial charge in [0.15, 0.2) is 17.5 Å². The Hall–Kier alpha value is -1.25. The Labute approximate surface area is 124 Å². The number of hydrogen-bond acceptors (Lipinski definition) is 4. The number of nitrogens with two attached hydrogens (primary N) is 1. The molecule has 1 aromatic carbocycles. The lowest BCUT2D eigenvalue weighted by Gasteiger charge is -2.09. The summed E-state index contributed by atoms with van der Waals surface area (Å²) in [5, 5.41) is 0. The fourth-order valence-electron chi connectivity index (χ4n) is 1.28. The van der Waals surface area contributed by atoms with E-state index in [-0.39, 0.29) is 11.7 Å². The van der Waals surface area contributed by atoms with Crippen molar-refractivity contribution >= 4 is 37.7 Å². The van der Waals surface area contributed by atoms with Gasteiger partial charge in [-0.3, -0.25) is 0 Å². The molecule has 0 aliphatic carbocycles. The van der Waals surface area contributed by atoms with Crippen molar-refractivity contribution in [2.45, 2.75) is 0 Å². The van der Waals surface area contributed by atoms with Crippen molar-refractivity contribution in [2.75, 3.05) is 5.43 Å². The second kappa shape index (κ2) is 5.81. The van der Waals surface area contributed by atoms with Crippen molar-refractivity contribution in [1.29, 1.82) is 0 Å². The van der Waals surface area contributed by atoms with Crippen LogP contribution in [0.3, 0.4) is 0 Å². The van der Waals surface area contributed by atoms with Gasteiger partial charge in [0, 0.05) is 10.5 Å².